The van der Waals surface area contributed by atoms with E-state index in [9.17, 15) is 14.7 Å². The molecule has 0 saturated carbocycles. The number of ether oxygens (including phenoxy) is 1. The smallest absolute Gasteiger partial charge is 0.411 e. The van der Waals surface area contributed by atoms with Crippen LogP contribution in [0.1, 0.15) is 38.7 Å². The number of carbonyl (C=O) groups is 2. The molecule has 2 atom stereocenters. The third-order valence-corrected chi connectivity index (χ3v) is 3.41. The van der Waals surface area contributed by atoms with Crippen LogP contribution >= 0.6 is 0 Å². The number of amides is 1. The van der Waals surface area contributed by atoms with Crippen LogP contribution < -0.4 is 0 Å². The Morgan fingerprint density at radius 3 is 2.48 bits per heavy atom. The number of nitrogens with zero attached hydrogens (tertiary/aromatic N) is 2. The molecule has 0 aliphatic carbocycles. The molecule has 1 N–H and O–H groups in total. The van der Waals surface area contributed by atoms with Gasteiger partial charge in [0.25, 0.3) is 0 Å². The molecule has 0 radical (unpaired) electrons. The van der Waals surface area contributed by atoms with Gasteiger partial charge in [-0.05, 0) is 44.9 Å². The van der Waals surface area contributed by atoms with Crippen LogP contribution in [0.25, 0.3) is 0 Å². The topological polar surface area (TPSA) is 79.7 Å². The Balaban J connectivity index is 2.22. The Morgan fingerprint density at radius 1 is 1.33 bits per heavy atom. The van der Waals surface area contributed by atoms with Crippen molar-refractivity contribution < 1.29 is 19.4 Å². The van der Waals surface area contributed by atoms with E-state index in [-0.39, 0.29) is 5.92 Å². The lowest BCUT2D eigenvalue weighted by atomic mass is 9.92. The van der Waals surface area contributed by atoms with Gasteiger partial charge in [-0.3, -0.25) is 9.88 Å². The number of hydrogen-bond donors (Lipinski definition) is 1. The number of aromatic nitrogens is 1. The summed E-state index contributed by atoms with van der Waals surface area (Å²) < 4.78 is 5.30. The first-order valence-electron chi connectivity index (χ1n) is 6.92. The van der Waals surface area contributed by atoms with E-state index in [4.69, 9.17) is 4.74 Å². The number of likely N-dealkylation sites (tertiary alicyclic amines) is 1. The fourth-order valence-corrected chi connectivity index (χ4v) is 2.58. The van der Waals surface area contributed by atoms with E-state index in [1.54, 1.807) is 45.3 Å². The Hall–Kier alpha value is -2.11. The van der Waals surface area contributed by atoms with Crippen LogP contribution in [0.4, 0.5) is 4.79 Å². The minimum Gasteiger partial charge on any atom is -0.480 e. The zero-order valence-corrected chi connectivity index (χ0v) is 12.4. The molecule has 0 bridgehead atoms. The van der Waals surface area contributed by atoms with Crippen molar-refractivity contribution in [3.05, 3.63) is 30.1 Å². The summed E-state index contributed by atoms with van der Waals surface area (Å²) in [6, 6.07) is 2.68. The molecule has 1 aromatic rings. The lowest BCUT2D eigenvalue weighted by molar-refractivity contribution is -0.142. The average Bonchev–Trinajstić information content (AvgIpc) is 2.82. The molecule has 114 valence electrons. The van der Waals surface area contributed by atoms with Crippen molar-refractivity contribution in [3.63, 3.8) is 0 Å². The molecule has 21 heavy (non-hydrogen) atoms. The molecule has 1 amide bonds. The number of hydrogen-bond acceptors (Lipinski definition) is 4. The van der Waals surface area contributed by atoms with Gasteiger partial charge in [0.2, 0.25) is 0 Å². The Morgan fingerprint density at radius 2 is 1.95 bits per heavy atom. The molecule has 1 fully saturated rings. The molecule has 2 heterocycles. The summed E-state index contributed by atoms with van der Waals surface area (Å²) in [7, 11) is 0. The van der Waals surface area contributed by atoms with Gasteiger partial charge < -0.3 is 9.84 Å². The molecule has 1 aliphatic rings. The summed E-state index contributed by atoms with van der Waals surface area (Å²) in [6.45, 7) is 5.66. The minimum atomic E-state index is -1.01. The highest BCUT2D eigenvalue weighted by atomic mass is 16.6. The van der Waals surface area contributed by atoms with E-state index in [0.29, 0.717) is 13.0 Å². The molecule has 2 rings (SSSR count). The largest absolute Gasteiger partial charge is 0.480 e. The number of pyridine rings is 1. The van der Waals surface area contributed by atoms with Crippen LogP contribution in [0.15, 0.2) is 24.5 Å². The third-order valence-electron chi connectivity index (χ3n) is 3.41. The highest BCUT2D eigenvalue weighted by Gasteiger charge is 2.44. The molecule has 1 aromatic heterocycles. The standard InChI is InChI=1S/C15H20N2O4/c1-15(2,3)21-14(20)17-9-6-11(12(17)13(18)19)10-4-7-16-8-5-10/h4-5,7-8,11-12H,6,9H2,1-3H3,(H,18,19)/t11-,12-/m1/s1. The van der Waals surface area contributed by atoms with Crippen molar-refractivity contribution in [1.29, 1.82) is 0 Å². The van der Waals surface area contributed by atoms with Crippen LogP contribution in [-0.2, 0) is 9.53 Å². The van der Waals surface area contributed by atoms with E-state index in [0.717, 1.165) is 5.56 Å². The van der Waals surface area contributed by atoms with Crippen molar-refractivity contribution in [2.24, 2.45) is 0 Å². The number of carboxylic acid groups (broad SMARTS) is 1. The number of aliphatic carboxylic acids is 1. The van der Waals surface area contributed by atoms with Crippen LogP contribution in [0.2, 0.25) is 0 Å². The maximum atomic E-state index is 12.2. The lowest BCUT2D eigenvalue weighted by Crippen LogP contribution is -2.45. The fourth-order valence-electron chi connectivity index (χ4n) is 2.58. The zero-order valence-electron chi connectivity index (χ0n) is 12.4. The molecule has 0 unspecified atom stereocenters. The first kappa shape index (κ1) is 15.3. The van der Waals surface area contributed by atoms with Gasteiger partial charge in [-0.1, -0.05) is 0 Å². The van der Waals surface area contributed by atoms with E-state index >= 15 is 0 Å². The van der Waals surface area contributed by atoms with E-state index in [1.807, 2.05) is 0 Å². The minimum absolute atomic E-state index is 0.238. The summed E-state index contributed by atoms with van der Waals surface area (Å²) in [5.74, 6) is -1.25. The highest BCUT2D eigenvalue weighted by molar-refractivity contribution is 5.82. The Kier molecular flexibility index (Phi) is 4.16. The van der Waals surface area contributed by atoms with Crippen molar-refractivity contribution >= 4 is 12.1 Å². The normalized spacial score (nSPS) is 22.1. The molecule has 0 spiro atoms. The van der Waals surface area contributed by atoms with Crippen LogP contribution in [-0.4, -0.2) is 45.2 Å². The molecule has 6 heteroatoms. The van der Waals surface area contributed by atoms with Crippen molar-refractivity contribution in [3.8, 4) is 0 Å². The molecule has 1 saturated heterocycles. The lowest BCUT2D eigenvalue weighted by Gasteiger charge is -2.28. The molecule has 0 aromatic carbocycles. The maximum Gasteiger partial charge on any atom is 0.411 e. The van der Waals surface area contributed by atoms with Crippen molar-refractivity contribution in [1.82, 2.24) is 9.88 Å². The van der Waals surface area contributed by atoms with E-state index in [2.05, 4.69) is 4.98 Å². The van der Waals surface area contributed by atoms with E-state index in [1.165, 1.54) is 4.90 Å². The quantitative estimate of drug-likeness (QED) is 0.904. The van der Waals surface area contributed by atoms with Gasteiger partial charge in [0.1, 0.15) is 11.6 Å². The predicted molar refractivity (Wildman–Crippen MR) is 76.0 cm³/mol. The highest BCUT2D eigenvalue weighted by Crippen LogP contribution is 2.34. The first-order valence-corrected chi connectivity index (χ1v) is 6.92. The Bertz CT molecular complexity index is 524. The summed E-state index contributed by atoms with van der Waals surface area (Å²) in [5.41, 5.74) is 0.234. The van der Waals surface area contributed by atoms with Crippen LogP contribution in [0, 0.1) is 0 Å². The van der Waals surface area contributed by atoms with Gasteiger partial charge in [-0.25, -0.2) is 9.59 Å². The number of rotatable bonds is 2. The zero-order chi connectivity index (χ0) is 15.6. The number of carbonyl (C=O) groups excluding carboxylic acids is 1. The summed E-state index contributed by atoms with van der Waals surface area (Å²) in [5, 5.41) is 9.50. The van der Waals surface area contributed by atoms with Crippen LogP contribution in [0.3, 0.4) is 0 Å². The Labute approximate surface area is 123 Å². The summed E-state index contributed by atoms with van der Waals surface area (Å²) >= 11 is 0. The summed E-state index contributed by atoms with van der Waals surface area (Å²) in [6.07, 6.45) is 3.28. The molecular weight excluding hydrogens is 272 g/mol. The maximum absolute atomic E-state index is 12.2. The van der Waals surface area contributed by atoms with Gasteiger partial charge in [-0.2, -0.15) is 0 Å². The van der Waals surface area contributed by atoms with E-state index < -0.39 is 23.7 Å². The van der Waals surface area contributed by atoms with Gasteiger partial charge in [0.15, 0.2) is 0 Å². The molecule has 1 aliphatic heterocycles. The third kappa shape index (κ3) is 3.51. The SMILES string of the molecule is CC(C)(C)OC(=O)N1CC[C@H](c2ccncc2)[C@@H]1C(=O)O. The number of carboxylic acids is 1. The monoisotopic (exact) mass is 292 g/mol. The molecular formula is C15H20N2O4. The molecule has 6 nitrogen and oxygen atoms in total. The van der Waals surface area contributed by atoms with Crippen molar-refractivity contribution in [2.45, 2.75) is 44.8 Å². The van der Waals surface area contributed by atoms with Crippen LogP contribution in [0.5, 0.6) is 0 Å². The fraction of sp³-hybridized carbons (Fsp3) is 0.533. The first-order chi connectivity index (χ1) is 9.79. The van der Waals surface area contributed by atoms with Crippen molar-refractivity contribution in [2.75, 3.05) is 6.54 Å². The van der Waals surface area contributed by atoms with Gasteiger partial charge in [0.05, 0.1) is 0 Å². The average molecular weight is 292 g/mol. The van der Waals surface area contributed by atoms with Gasteiger partial charge in [-0.15, -0.1) is 0 Å². The van der Waals surface area contributed by atoms with Gasteiger partial charge in [0, 0.05) is 24.9 Å². The second-order valence-corrected chi connectivity index (χ2v) is 6.13. The predicted octanol–water partition coefficient (Wildman–Crippen LogP) is 2.26. The second-order valence-electron chi connectivity index (χ2n) is 6.13. The van der Waals surface area contributed by atoms with Gasteiger partial charge >= 0.3 is 12.1 Å². The second kappa shape index (κ2) is 5.71. The summed E-state index contributed by atoms with van der Waals surface area (Å²) in [4.78, 5) is 29.0.